The van der Waals surface area contributed by atoms with E-state index in [1.165, 1.54) is 33.5 Å². The van der Waals surface area contributed by atoms with Crippen LogP contribution in [0.25, 0.3) is 0 Å². The van der Waals surface area contributed by atoms with E-state index in [0.29, 0.717) is 5.75 Å². The van der Waals surface area contributed by atoms with E-state index in [4.69, 9.17) is 24.9 Å². The maximum absolute atomic E-state index is 11.2. The van der Waals surface area contributed by atoms with Gasteiger partial charge in [-0.15, -0.1) is 0 Å². The smallest absolute Gasteiger partial charge is 0.261 e. The largest absolute Gasteiger partial charge is 0.493 e. The lowest BCUT2D eigenvalue weighted by Crippen LogP contribution is -1.98. The average molecular weight is 267 g/mol. The predicted octanol–water partition coefficient (Wildman–Crippen LogP) is 1.64. The minimum absolute atomic E-state index is 0.108. The van der Waals surface area contributed by atoms with E-state index in [-0.39, 0.29) is 16.4 Å². The summed E-state index contributed by atoms with van der Waals surface area (Å²) < 4.78 is 37.4. The molecule has 0 bridgehead atoms. The summed E-state index contributed by atoms with van der Waals surface area (Å²) in [5.74, 6) is 0.788. The number of halogens is 1. The summed E-state index contributed by atoms with van der Waals surface area (Å²) >= 11 is 0. The van der Waals surface area contributed by atoms with E-state index in [9.17, 15) is 8.42 Å². The molecule has 0 aromatic heterocycles. The van der Waals surface area contributed by atoms with Crippen molar-refractivity contribution in [1.82, 2.24) is 0 Å². The highest BCUT2D eigenvalue weighted by atomic mass is 35.7. The fourth-order valence-electron chi connectivity index (χ4n) is 1.20. The molecule has 0 fully saturated rings. The maximum Gasteiger partial charge on any atom is 0.261 e. The molecule has 0 heterocycles. The van der Waals surface area contributed by atoms with Gasteiger partial charge >= 0.3 is 0 Å². The zero-order valence-corrected chi connectivity index (χ0v) is 10.6. The minimum Gasteiger partial charge on any atom is -0.493 e. The fraction of sp³-hybridized carbons (Fsp3) is 0.333. The molecule has 1 rings (SSSR count). The van der Waals surface area contributed by atoms with Gasteiger partial charge in [0, 0.05) is 22.8 Å². The third-order valence-electron chi connectivity index (χ3n) is 1.92. The normalized spacial score (nSPS) is 11.0. The van der Waals surface area contributed by atoms with E-state index in [0.717, 1.165) is 0 Å². The Kier molecular flexibility index (Phi) is 3.88. The zero-order valence-electron chi connectivity index (χ0n) is 8.98. The standard InChI is InChI=1S/C9H11ClO5S/c1-13-7-4-6(16(10,11)12)5-8(14-2)9(7)15-3/h4-5H,1-3H3. The molecule has 1 aromatic carbocycles. The summed E-state index contributed by atoms with van der Waals surface area (Å²) in [6, 6.07) is 2.54. The van der Waals surface area contributed by atoms with Gasteiger partial charge in [0.15, 0.2) is 11.5 Å². The number of rotatable bonds is 4. The number of hydrogen-bond donors (Lipinski definition) is 0. The molecule has 1 aromatic rings. The topological polar surface area (TPSA) is 61.8 Å². The van der Waals surface area contributed by atoms with Gasteiger partial charge in [-0.25, -0.2) is 8.42 Å². The van der Waals surface area contributed by atoms with Crippen LogP contribution in [0.2, 0.25) is 0 Å². The summed E-state index contributed by atoms with van der Waals surface area (Å²) in [6.07, 6.45) is 0. The van der Waals surface area contributed by atoms with Crippen LogP contribution in [0.5, 0.6) is 17.2 Å². The number of benzene rings is 1. The molecule has 90 valence electrons. The SMILES string of the molecule is COc1cc(S(=O)(=O)Cl)cc(OC)c1OC. The van der Waals surface area contributed by atoms with Crippen molar-refractivity contribution >= 4 is 19.7 Å². The van der Waals surface area contributed by atoms with E-state index < -0.39 is 9.05 Å². The first kappa shape index (κ1) is 12.9. The Bertz CT molecular complexity index is 458. The van der Waals surface area contributed by atoms with E-state index in [1.54, 1.807) is 0 Å². The van der Waals surface area contributed by atoms with E-state index in [2.05, 4.69) is 0 Å². The van der Waals surface area contributed by atoms with Crippen LogP contribution in [0.4, 0.5) is 0 Å². The van der Waals surface area contributed by atoms with Crippen molar-refractivity contribution in [2.24, 2.45) is 0 Å². The molecule has 7 heteroatoms. The van der Waals surface area contributed by atoms with Crippen molar-refractivity contribution in [3.05, 3.63) is 12.1 Å². The summed E-state index contributed by atoms with van der Waals surface area (Å²) in [6.45, 7) is 0. The lowest BCUT2D eigenvalue weighted by atomic mass is 10.3. The third-order valence-corrected chi connectivity index (χ3v) is 3.25. The number of hydrogen-bond acceptors (Lipinski definition) is 5. The maximum atomic E-state index is 11.2. The van der Waals surface area contributed by atoms with Gasteiger partial charge in [-0.05, 0) is 0 Å². The molecule has 0 unspecified atom stereocenters. The number of ether oxygens (including phenoxy) is 3. The van der Waals surface area contributed by atoms with Crippen molar-refractivity contribution in [3.8, 4) is 17.2 Å². The first-order chi connectivity index (χ1) is 7.43. The van der Waals surface area contributed by atoms with Gasteiger partial charge in [0.05, 0.1) is 26.2 Å². The van der Waals surface area contributed by atoms with Crippen molar-refractivity contribution < 1.29 is 22.6 Å². The molecule has 0 N–H and O–H groups in total. The summed E-state index contributed by atoms with van der Waals surface area (Å²) in [4.78, 5) is -0.108. The highest BCUT2D eigenvalue weighted by Gasteiger charge is 2.19. The number of methoxy groups -OCH3 is 3. The van der Waals surface area contributed by atoms with Crippen LogP contribution in [0.3, 0.4) is 0 Å². The molecular weight excluding hydrogens is 256 g/mol. The monoisotopic (exact) mass is 266 g/mol. The quantitative estimate of drug-likeness (QED) is 0.776. The zero-order chi connectivity index (χ0) is 12.3. The Morgan fingerprint density at radius 3 is 1.69 bits per heavy atom. The minimum atomic E-state index is -3.84. The van der Waals surface area contributed by atoms with Gasteiger partial charge in [-0.1, -0.05) is 0 Å². The van der Waals surface area contributed by atoms with Crippen molar-refractivity contribution in [2.45, 2.75) is 4.90 Å². The molecule has 5 nitrogen and oxygen atoms in total. The highest BCUT2D eigenvalue weighted by molar-refractivity contribution is 8.13. The van der Waals surface area contributed by atoms with E-state index in [1.807, 2.05) is 0 Å². The van der Waals surface area contributed by atoms with Gasteiger partial charge in [0.2, 0.25) is 5.75 Å². The Hall–Kier alpha value is -1.14. The van der Waals surface area contributed by atoms with Gasteiger partial charge in [0.1, 0.15) is 0 Å². The Balaban J connectivity index is 3.49. The second-order valence-corrected chi connectivity index (χ2v) is 5.36. The molecule has 16 heavy (non-hydrogen) atoms. The first-order valence-corrected chi connectivity index (χ1v) is 6.49. The second-order valence-electron chi connectivity index (χ2n) is 2.80. The van der Waals surface area contributed by atoms with Crippen molar-refractivity contribution in [1.29, 1.82) is 0 Å². The average Bonchev–Trinajstić information content (AvgIpc) is 2.25. The van der Waals surface area contributed by atoms with Gasteiger partial charge in [-0.3, -0.25) is 0 Å². The molecule has 0 aliphatic carbocycles. The predicted molar refractivity (Wildman–Crippen MR) is 59.1 cm³/mol. The van der Waals surface area contributed by atoms with Crippen LogP contribution >= 0.6 is 10.7 Å². The van der Waals surface area contributed by atoms with Crippen LogP contribution in [-0.4, -0.2) is 29.7 Å². The van der Waals surface area contributed by atoms with Crippen LogP contribution < -0.4 is 14.2 Å². The molecule has 0 saturated heterocycles. The van der Waals surface area contributed by atoms with Crippen LogP contribution in [0, 0.1) is 0 Å². The molecule has 0 atom stereocenters. The van der Waals surface area contributed by atoms with Gasteiger partial charge < -0.3 is 14.2 Å². The lowest BCUT2D eigenvalue weighted by molar-refractivity contribution is 0.323. The Morgan fingerprint density at radius 2 is 1.44 bits per heavy atom. The summed E-state index contributed by atoms with van der Waals surface area (Å²) in [7, 11) is 5.60. The molecular formula is C9H11ClO5S. The van der Waals surface area contributed by atoms with Crippen molar-refractivity contribution in [3.63, 3.8) is 0 Å². The molecule has 0 spiro atoms. The Morgan fingerprint density at radius 1 is 1.00 bits per heavy atom. The van der Waals surface area contributed by atoms with Gasteiger partial charge in [-0.2, -0.15) is 0 Å². The third kappa shape index (κ3) is 2.51. The molecule has 0 saturated carbocycles. The van der Waals surface area contributed by atoms with Crippen LogP contribution in [0.1, 0.15) is 0 Å². The molecule has 0 aliphatic heterocycles. The fourth-order valence-corrected chi connectivity index (χ4v) is 1.96. The Labute approximate surface area is 98.3 Å². The van der Waals surface area contributed by atoms with Crippen molar-refractivity contribution in [2.75, 3.05) is 21.3 Å². The highest BCUT2D eigenvalue weighted by Crippen LogP contribution is 2.39. The lowest BCUT2D eigenvalue weighted by Gasteiger charge is -2.12. The molecule has 0 aliphatic rings. The van der Waals surface area contributed by atoms with Gasteiger partial charge in [0.25, 0.3) is 9.05 Å². The van der Waals surface area contributed by atoms with Crippen LogP contribution in [-0.2, 0) is 9.05 Å². The molecule has 0 radical (unpaired) electrons. The second kappa shape index (κ2) is 4.80. The summed E-state index contributed by atoms with van der Waals surface area (Å²) in [5, 5.41) is 0. The molecule has 0 amide bonds. The first-order valence-electron chi connectivity index (χ1n) is 4.18. The summed E-state index contributed by atoms with van der Waals surface area (Å²) in [5.41, 5.74) is 0. The van der Waals surface area contributed by atoms with E-state index >= 15 is 0 Å². The van der Waals surface area contributed by atoms with Crippen LogP contribution in [0.15, 0.2) is 17.0 Å².